The molecule has 1 aliphatic heterocycles. The van der Waals surface area contributed by atoms with Crippen molar-refractivity contribution in [1.82, 2.24) is 0 Å². The predicted molar refractivity (Wildman–Crippen MR) is 77.4 cm³/mol. The van der Waals surface area contributed by atoms with Gasteiger partial charge in [0.25, 0.3) is 0 Å². The Kier molecular flexibility index (Phi) is 3.88. The topological polar surface area (TPSA) is 24.7 Å². The number of allylic oxidation sites excluding steroid dienone is 1. The van der Waals surface area contributed by atoms with Crippen molar-refractivity contribution in [2.75, 3.05) is 0 Å². The molecule has 0 atom stereocenters. The Morgan fingerprint density at radius 1 is 1.12 bits per heavy atom. The number of halogens is 1. The standard InChI is InChI=1S/C13H13IN2/c1-10-15-12(8-5-9-13(14)16-10)11-6-3-2-4-7-11/h2-4,6-7,9H,5,8H2,1H3/b13-9-,15-12+,16-10-. The highest BCUT2D eigenvalue weighted by molar-refractivity contribution is 14.1. The number of hydrogen-bond donors (Lipinski definition) is 0. The van der Waals surface area contributed by atoms with Crippen LogP contribution in [-0.4, -0.2) is 11.5 Å². The largest absolute Gasteiger partial charge is 0.238 e. The molecule has 1 heterocycles. The van der Waals surface area contributed by atoms with Crippen LogP contribution in [0.3, 0.4) is 0 Å². The van der Waals surface area contributed by atoms with Crippen LogP contribution in [0.15, 0.2) is 50.1 Å². The number of amidine groups is 1. The lowest BCUT2D eigenvalue weighted by Gasteiger charge is -2.08. The fraction of sp³-hybridized carbons (Fsp3) is 0.231. The lowest BCUT2D eigenvalue weighted by Crippen LogP contribution is -2.05. The summed E-state index contributed by atoms with van der Waals surface area (Å²) >= 11 is 2.24. The monoisotopic (exact) mass is 324 g/mol. The molecule has 1 aliphatic rings. The van der Waals surface area contributed by atoms with E-state index in [1.165, 1.54) is 5.56 Å². The molecular formula is C13H13IN2. The van der Waals surface area contributed by atoms with E-state index in [4.69, 9.17) is 0 Å². The van der Waals surface area contributed by atoms with Gasteiger partial charge in [-0.05, 0) is 47.9 Å². The predicted octanol–water partition coefficient (Wildman–Crippen LogP) is 3.96. The summed E-state index contributed by atoms with van der Waals surface area (Å²) in [5, 5.41) is 0. The summed E-state index contributed by atoms with van der Waals surface area (Å²) in [6.07, 6.45) is 4.13. The number of hydrogen-bond acceptors (Lipinski definition) is 2. The van der Waals surface area contributed by atoms with Crippen molar-refractivity contribution in [1.29, 1.82) is 0 Å². The van der Waals surface area contributed by atoms with Crippen LogP contribution in [0.25, 0.3) is 0 Å². The molecular weight excluding hydrogens is 311 g/mol. The van der Waals surface area contributed by atoms with E-state index in [9.17, 15) is 0 Å². The lowest BCUT2D eigenvalue weighted by molar-refractivity contribution is 1.08. The molecule has 82 valence electrons. The average molecular weight is 324 g/mol. The zero-order valence-corrected chi connectivity index (χ0v) is 11.3. The van der Waals surface area contributed by atoms with Crippen molar-refractivity contribution < 1.29 is 0 Å². The zero-order chi connectivity index (χ0) is 11.4. The summed E-state index contributed by atoms with van der Waals surface area (Å²) in [5.41, 5.74) is 2.32. The van der Waals surface area contributed by atoms with E-state index in [1.807, 2.05) is 25.1 Å². The van der Waals surface area contributed by atoms with Crippen LogP contribution in [0.2, 0.25) is 0 Å². The maximum absolute atomic E-state index is 4.58. The maximum Gasteiger partial charge on any atom is 0.126 e. The summed E-state index contributed by atoms with van der Waals surface area (Å²) in [6, 6.07) is 10.3. The molecule has 2 rings (SSSR count). The molecule has 0 amide bonds. The molecule has 1 aromatic rings. The third-order valence-corrected chi connectivity index (χ3v) is 3.05. The molecule has 2 nitrogen and oxygen atoms in total. The first-order chi connectivity index (χ1) is 7.75. The van der Waals surface area contributed by atoms with Crippen LogP contribution < -0.4 is 0 Å². The zero-order valence-electron chi connectivity index (χ0n) is 9.15. The van der Waals surface area contributed by atoms with Gasteiger partial charge in [0, 0.05) is 0 Å². The van der Waals surface area contributed by atoms with Gasteiger partial charge in [-0.3, -0.25) is 0 Å². The van der Waals surface area contributed by atoms with Gasteiger partial charge in [0.1, 0.15) is 5.84 Å². The molecule has 0 saturated heterocycles. The highest BCUT2D eigenvalue weighted by Crippen LogP contribution is 2.16. The molecule has 0 fully saturated rings. The summed E-state index contributed by atoms with van der Waals surface area (Å²) in [7, 11) is 0. The van der Waals surface area contributed by atoms with Gasteiger partial charge in [0.2, 0.25) is 0 Å². The van der Waals surface area contributed by atoms with E-state index in [0.29, 0.717) is 0 Å². The van der Waals surface area contributed by atoms with Gasteiger partial charge in [0.05, 0.1) is 9.42 Å². The van der Waals surface area contributed by atoms with Gasteiger partial charge in [-0.2, -0.15) is 0 Å². The molecule has 0 radical (unpaired) electrons. The Hall–Kier alpha value is -0.970. The Morgan fingerprint density at radius 3 is 2.62 bits per heavy atom. The molecule has 0 aliphatic carbocycles. The molecule has 0 unspecified atom stereocenters. The lowest BCUT2D eigenvalue weighted by atomic mass is 10.1. The second-order valence-electron chi connectivity index (χ2n) is 3.65. The molecule has 0 N–H and O–H groups in total. The van der Waals surface area contributed by atoms with Crippen LogP contribution >= 0.6 is 22.6 Å². The van der Waals surface area contributed by atoms with Gasteiger partial charge in [-0.1, -0.05) is 36.4 Å². The van der Waals surface area contributed by atoms with E-state index < -0.39 is 0 Å². The fourth-order valence-corrected chi connectivity index (χ4v) is 2.30. The van der Waals surface area contributed by atoms with E-state index >= 15 is 0 Å². The van der Waals surface area contributed by atoms with E-state index in [-0.39, 0.29) is 0 Å². The first-order valence-electron chi connectivity index (χ1n) is 5.29. The van der Waals surface area contributed by atoms with Gasteiger partial charge >= 0.3 is 0 Å². The minimum Gasteiger partial charge on any atom is -0.238 e. The number of nitrogens with zero attached hydrogens (tertiary/aromatic N) is 2. The van der Waals surface area contributed by atoms with E-state index in [0.717, 1.165) is 28.1 Å². The first-order valence-corrected chi connectivity index (χ1v) is 6.37. The van der Waals surface area contributed by atoms with E-state index in [1.54, 1.807) is 0 Å². The summed E-state index contributed by atoms with van der Waals surface area (Å²) in [4.78, 5) is 8.97. The van der Waals surface area contributed by atoms with Gasteiger partial charge in [-0.15, -0.1) is 0 Å². The smallest absolute Gasteiger partial charge is 0.126 e. The molecule has 16 heavy (non-hydrogen) atoms. The quantitative estimate of drug-likeness (QED) is 0.552. The third-order valence-electron chi connectivity index (χ3n) is 2.37. The van der Waals surface area contributed by atoms with Crippen molar-refractivity contribution in [3.8, 4) is 0 Å². The second-order valence-corrected chi connectivity index (χ2v) is 4.75. The average Bonchev–Trinajstić information content (AvgIpc) is 2.26. The molecule has 3 heteroatoms. The normalized spacial score (nSPS) is 26.5. The van der Waals surface area contributed by atoms with Gasteiger partial charge in [0.15, 0.2) is 0 Å². The molecule has 1 aromatic carbocycles. The third kappa shape index (κ3) is 3.01. The van der Waals surface area contributed by atoms with E-state index in [2.05, 4.69) is 50.8 Å². The second kappa shape index (κ2) is 5.39. The van der Waals surface area contributed by atoms with Crippen LogP contribution in [0.4, 0.5) is 0 Å². The van der Waals surface area contributed by atoms with Crippen molar-refractivity contribution in [3.63, 3.8) is 0 Å². The Bertz CT molecular complexity index is 458. The van der Waals surface area contributed by atoms with Crippen LogP contribution in [0.5, 0.6) is 0 Å². The summed E-state index contributed by atoms with van der Waals surface area (Å²) in [5.74, 6) is 0.833. The Balaban J connectivity index is 2.34. The van der Waals surface area contributed by atoms with Crippen LogP contribution in [-0.2, 0) is 0 Å². The maximum atomic E-state index is 4.58. The Morgan fingerprint density at radius 2 is 1.88 bits per heavy atom. The SMILES string of the molecule is CC1=N/C(I)=C\CC/C(c2ccccc2)=N\1. The van der Waals surface area contributed by atoms with Crippen LogP contribution in [0, 0.1) is 0 Å². The van der Waals surface area contributed by atoms with Crippen molar-refractivity contribution in [2.45, 2.75) is 19.8 Å². The fourth-order valence-electron chi connectivity index (χ4n) is 1.64. The number of rotatable bonds is 1. The summed E-state index contributed by atoms with van der Waals surface area (Å²) in [6.45, 7) is 1.95. The van der Waals surface area contributed by atoms with Crippen molar-refractivity contribution >= 4 is 34.1 Å². The highest BCUT2D eigenvalue weighted by Gasteiger charge is 2.05. The van der Waals surface area contributed by atoms with Crippen molar-refractivity contribution in [2.24, 2.45) is 9.98 Å². The number of aliphatic imine (C=N–C) groups is 2. The summed E-state index contributed by atoms with van der Waals surface area (Å²) < 4.78 is 1.03. The van der Waals surface area contributed by atoms with Crippen LogP contribution in [0.1, 0.15) is 25.3 Å². The molecule has 0 spiro atoms. The minimum absolute atomic E-state index is 0.833. The molecule has 0 bridgehead atoms. The van der Waals surface area contributed by atoms with Gasteiger partial charge < -0.3 is 0 Å². The molecule has 0 saturated carbocycles. The minimum atomic E-state index is 0.833. The molecule has 0 aromatic heterocycles. The van der Waals surface area contributed by atoms with Crippen molar-refractivity contribution in [3.05, 3.63) is 45.7 Å². The highest BCUT2D eigenvalue weighted by atomic mass is 127. The Labute approximate surface area is 109 Å². The number of benzene rings is 1. The van der Waals surface area contributed by atoms with Gasteiger partial charge in [-0.25, -0.2) is 9.98 Å². The first kappa shape index (κ1) is 11.5.